The van der Waals surface area contributed by atoms with Crippen LogP contribution < -0.4 is 0 Å². The fourth-order valence-electron chi connectivity index (χ4n) is 0. The molecule has 4 heavy (non-hydrogen) atoms. The summed E-state index contributed by atoms with van der Waals surface area (Å²) in [6.45, 7) is 0. The summed E-state index contributed by atoms with van der Waals surface area (Å²) in [5.41, 5.74) is 0. The van der Waals surface area contributed by atoms with Crippen molar-refractivity contribution in [1.82, 2.24) is 0 Å². The zero-order valence-electron chi connectivity index (χ0n) is 2.00. The van der Waals surface area contributed by atoms with Crippen molar-refractivity contribution >= 4 is 63.2 Å². The third-order valence-corrected chi connectivity index (χ3v) is 0. The van der Waals surface area contributed by atoms with Crippen LogP contribution in [0.1, 0.15) is 14.9 Å². The predicted molar refractivity (Wildman–Crippen MR) is 25.0 cm³/mol. The van der Waals surface area contributed by atoms with Gasteiger partial charge in [-0.05, 0) is 0 Å². The van der Waals surface area contributed by atoms with Gasteiger partial charge in [0.05, 0.1) is 0 Å². The molecule has 0 aromatic rings. The molecule has 0 aromatic carbocycles. The minimum absolute atomic E-state index is 0. The molecule has 0 radical (unpaired) electrons. The molecule has 0 unspecified atom stereocenters. The molecule has 18 valence electrons. The second-order valence-electron chi connectivity index (χ2n) is 0. The van der Waals surface area contributed by atoms with Crippen LogP contribution in [0.25, 0.3) is 0 Å². The molecule has 0 N–H and O–H groups in total. The van der Waals surface area contributed by atoms with Gasteiger partial charge in [-0.2, -0.15) is 0 Å². The number of rotatable bonds is 0. The molecule has 0 bridgehead atoms. The molecular weight excluding hydrogens is 102 g/mol. The molecule has 0 saturated carbocycles. The Morgan fingerprint density at radius 3 is 0.750 bits per heavy atom. The molecular formula is C2H8K2. The third-order valence-electron chi connectivity index (χ3n) is 0. The normalized spacial score (nSPS) is 2.00. The SMILES string of the molecule is C.C.[K][K]. The number of hydrogen-bond acceptors (Lipinski definition) is 0. The summed E-state index contributed by atoms with van der Waals surface area (Å²) in [5.74, 6) is 0. The van der Waals surface area contributed by atoms with Crippen LogP contribution in [0.3, 0.4) is 0 Å². The first-order valence-electron chi connectivity index (χ1n) is 1.00. The maximum absolute atomic E-state index is 1.25. The van der Waals surface area contributed by atoms with Gasteiger partial charge in [-0.25, -0.2) is 0 Å². The molecule has 0 aliphatic heterocycles. The van der Waals surface area contributed by atoms with Gasteiger partial charge in [0.1, 0.15) is 0 Å². The molecule has 0 atom stereocenters. The van der Waals surface area contributed by atoms with E-state index in [1.165, 1.54) is 63.2 Å². The molecule has 2 heteroatoms. The van der Waals surface area contributed by atoms with Gasteiger partial charge >= 0.3 is 63.2 Å². The van der Waals surface area contributed by atoms with Crippen LogP contribution >= 0.6 is 0 Å². The van der Waals surface area contributed by atoms with Gasteiger partial charge in [-0.15, -0.1) is 0 Å². The average molecular weight is 110 g/mol. The molecule has 0 aliphatic rings. The summed E-state index contributed by atoms with van der Waals surface area (Å²) in [6.07, 6.45) is 0. The Labute approximate surface area is 74.3 Å². The Hall–Kier alpha value is 3.27. The van der Waals surface area contributed by atoms with E-state index in [1.807, 2.05) is 0 Å². The Morgan fingerprint density at radius 2 is 0.750 bits per heavy atom. The Morgan fingerprint density at radius 1 is 0.750 bits per heavy atom. The first-order chi connectivity index (χ1) is 1.00. The van der Waals surface area contributed by atoms with Crippen LogP contribution in [0.4, 0.5) is 0 Å². The first-order valence-corrected chi connectivity index (χ1v) is 17.0. The standard InChI is InChI=1S/2CH4.2K/h2*1H4;;. The zero-order valence-corrected chi connectivity index (χ0v) is 8.25. The van der Waals surface area contributed by atoms with Crippen molar-refractivity contribution < 1.29 is 0 Å². The van der Waals surface area contributed by atoms with Gasteiger partial charge in [0.2, 0.25) is 0 Å². The van der Waals surface area contributed by atoms with Crippen molar-refractivity contribution in [3.05, 3.63) is 0 Å². The van der Waals surface area contributed by atoms with E-state index < -0.39 is 0 Å². The molecule has 0 aromatic heterocycles. The minimum atomic E-state index is 0. The van der Waals surface area contributed by atoms with Crippen LogP contribution in [0.15, 0.2) is 0 Å². The molecule has 0 aliphatic carbocycles. The third kappa shape index (κ3) is 8.99. The van der Waals surface area contributed by atoms with Gasteiger partial charge in [0.15, 0.2) is 0 Å². The van der Waals surface area contributed by atoms with E-state index in [1.54, 1.807) is 0 Å². The Balaban J connectivity index is -0.00000000500. The average Bonchev–Trinajstić information content (AvgIpc) is 1.00. The van der Waals surface area contributed by atoms with Crippen LogP contribution in [0, 0.1) is 0 Å². The monoisotopic (exact) mass is 110 g/mol. The summed E-state index contributed by atoms with van der Waals surface area (Å²) in [5, 5.41) is 0. The fraction of sp³-hybridized carbons (Fsp3) is 1.00. The van der Waals surface area contributed by atoms with Crippen LogP contribution in [0.2, 0.25) is 0 Å². The summed E-state index contributed by atoms with van der Waals surface area (Å²) in [4.78, 5) is 0. The quantitative estimate of drug-likeness (QED) is 0.399. The predicted octanol–water partition coefficient (Wildman–Crippen LogP) is 0.511. The van der Waals surface area contributed by atoms with E-state index in [-0.39, 0.29) is 14.9 Å². The van der Waals surface area contributed by atoms with Gasteiger partial charge in [-0.1, -0.05) is 14.9 Å². The van der Waals surface area contributed by atoms with E-state index in [4.69, 9.17) is 0 Å². The van der Waals surface area contributed by atoms with Crippen LogP contribution in [0.5, 0.6) is 0 Å². The van der Waals surface area contributed by atoms with Crippen molar-refractivity contribution in [1.29, 1.82) is 0 Å². The van der Waals surface area contributed by atoms with E-state index in [0.29, 0.717) is 0 Å². The van der Waals surface area contributed by atoms with E-state index in [0.717, 1.165) is 0 Å². The Bertz CT molecular complexity index is 4.00. The zero-order chi connectivity index (χ0) is 2.00. The van der Waals surface area contributed by atoms with Gasteiger partial charge in [0, 0.05) is 0 Å². The van der Waals surface area contributed by atoms with Gasteiger partial charge in [-0.3, -0.25) is 0 Å². The van der Waals surface area contributed by atoms with Crippen LogP contribution in [-0.4, -0.2) is 63.2 Å². The van der Waals surface area contributed by atoms with Crippen molar-refractivity contribution in [2.45, 2.75) is 14.9 Å². The van der Waals surface area contributed by atoms with Crippen molar-refractivity contribution in [2.75, 3.05) is 0 Å². The second-order valence-corrected chi connectivity index (χ2v) is 0. The van der Waals surface area contributed by atoms with Crippen molar-refractivity contribution in [3.8, 4) is 0 Å². The summed E-state index contributed by atoms with van der Waals surface area (Å²) < 4.78 is 0. The second kappa shape index (κ2) is 16.3. The van der Waals surface area contributed by atoms with Crippen molar-refractivity contribution in [2.24, 2.45) is 0 Å². The summed E-state index contributed by atoms with van der Waals surface area (Å²) in [7, 11) is 0. The Kier molecular flexibility index (Phi) is 63.8. The van der Waals surface area contributed by atoms with Crippen molar-refractivity contribution in [3.63, 3.8) is 0 Å². The van der Waals surface area contributed by atoms with E-state index in [9.17, 15) is 0 Å². The molecule has 0 nitrogen and oxygen atoms in total. The molecule has 0 spiro atoms. The van der Waals surface area contributed by atoms with E-state index >= 15 is 0 Å². The first kappa shape index (κ1) is 15.7. The molecule has 0 fully saturated rings. The van der Waals surface area contributed by atoms with Gasteiger partial charge in [0.25, 0.3) is 0 Å². The molecule has 0 amide bonds. The van der Waals surface area contributed by atoms with Gasteiger partial charge < -0.3 is 0 Å². The topological polar surface area (TPSA) is 0 Å². The fourth-order valence-corrected chi connectivity index (χ4v) is 0. The number of hydrogen-bond donors (Lipinski definition) is 0. The maximum atomic E-state index is 1.25. The van der Waals surface area contributed by atoms with E-state index in [2.05, 4.69) is 0 Å². The molecule has 0 heterocycles. The molecule has 0 saturated heterocycles. The van der Waals surface area contributed by atoms with Crippen LogP contribution in [-0.2, 0) is 0 Å². The summed E-state index contributed by atoms with van der Waals surface area (Å²) >= 11 is 2.50. The summed E-state index contributed by atoms with van der Waals surface area (Å²) in [6, 6.07) is 0. The molecule has 0 rings (SSSR count).